The average molecular weight is 191 g/mol. The van der Waals surface area contributed by atoms with Crippen LogP contribution in [0.4, 0.5) is 0 Å². The minimum atomic E-state index is -0.190. The summed E-state index contributed by atoms with van der Waals surface area (Å²) >= 11 is 5.38. The molecule has 0 aromatic carbocycles. The first-order chi connectivity index (χ1) is 5.16. The van der Waals surface area contributed by atoms with Gasteiger partial charge in [-0.2, -0.15) is 12.6 Å². The second-order valence-electron chi connectivity index (χ2n) is 2.28. The largest absolute Gasteiger partial charge is 0.285 e. The van der Waals surface area contributed by atoms with Crippen LogP contribution in [0, 0.1) is 0 Å². The first-order valence-corrected chi connectivity index (χ1v) is 4.87. The summed E-state index contributed by atoms with van der Waals surface area (Å²) in [4.78, 5) is 23.3. The van der Waals surface area contributed by atoms with Gasteiger partial charge in [-0.1, -0.05) is 0 Å². The molecule has 0 spiro atoms. The van der Waals surface area contributed by atoms with E-state index in [1.54, 1.807) is 0 Å². The first-order valence-electron chi connectivity index (χ1n) is 3.19. The van der Waals surface area contributed by atoms with E-state index in [0.29, 0.717) is 11.5 Å². The van der Waals surface area contributed by atoms with Gasteiger partial charge in [0.15, 0.2) is 0 Å². The molecule has 0 bridgehead atoms. The summed E-state index contributed by atoms with van der Waals surface area (Å²) in [6, 6.07) is 0. The van der Waals surface area contributed by atoms with E-state index in [-0.39, 0.29) is 17.1 Å². The smallest absolute Gasteiger partial charge is 0.242 e. The Labute approximate surface area is 74.9 Å². The Morgan fingerprint density at radius 1 is 1.73 bits per heavy atom. The van der Waals surface area contributed by atoms with Crippen LogP contribution in [0.3, 0.4) is 0 Å². The summed E-state index contributed by atoms with van der Waals surface area (Å²) in [7, 11) is 1.52. The Hall–Kier alpha value is -0.160. The SMILES string of the molecule is CN1C(=O)CC(SCS)C1=O. The lowest BCUT2D eigenvalue weighted by molar-refractivity contribution is -0.136. The molecule has 0 saturated carbocycles. The third kappa shape index (κ3) is 1.70. The van der Waals surface area contributed by atoms with E-state index in [2.05, 4.69) is 12.6 Å². The Bertz CT molecular complexity index is 195. The molecule has 1 unspecified atom stereocenters. The summed E-state index contributed by atoms with van der Waals surface area (Å²) in [6.07, 6.45) is 0.334. The second kappa shape index (κ2) is 3.49. The number of hydrogen-bond acceptors (Lipinski definition) is 4. The van der Waals surface area contributed by atoms with Gasteiger partial charge in [0.25, 0.3) is 0 Å². The van der Waals surface area contributed by atoms with Gasteiger partial charge >= 0.3 is 0 Å². The number of thioether (sulfide) groups is 1. The molecule has 1 saturated heterocycles. The van der Waals surface area contributed by atoms with E-state index >= 15 is 0 Å². The third-order valence-corrected chi connectivity index (χ3v) is 2.98. The van der Waals surface area contributed by atoms with Crippen LogP contribution in [-0.4, -0.2) is 34.1 Å². The van der Waals surface area contributed by atoms with Crippen molar-refractivity contribution >= 4 is 36.2 Å². The van der Waals surface area contributed by atoms with Crippen LogP contribution in [0.2, 0.25) is 0 Å². The third-order valence-electron chi connectivity index (χ3n) is 1.62. The number of carbonyl (C=O) groups excluding carboxylic acids is 2. The van der Waals surface area contributed by atoms with Crippen molar-refractivity contribution in [1.29, 1.82) is 0 Å². The first kappa shape index (κ1) is 8.93. The minimum Gasteiger partial charge on any atom is -0.285 e. The molecular formula is C6H9NO2S2. The Balaban J connectivity index is 2.60. The maximum Gasteiger partial charge on any atom is 0.242 e. The van der Waals surface area contributed by atoms with Crippen LogP contribution in [-0.2, 0) is 9.59 Å². The molecule has 1 fully saturated rings. The molecule has 62 valence electrons. The highest BCUT2D eigenvalue weighted by atomic mass is 32.2. The number of likely N-dealkylation sites (tertiary alicyclic amines) is 1. The van der Waals surface area contributed by atoms with Crippen molar-refractivity contribution in [3.8, 4) is 0 Å². The monoisotopic (exact) mass is 191 g/mol. The van der Waals surface area contributed by atoms with Gasteiger partial charge in [0, 0.05) is 18.6 Å². The van der Waals surface area contributed by atoms with Crippen LogP contribution < -0.4 is 0 Å². The van der Waals surface area contributed by atoms with Crippen molar-refractivity contribution in [3.05, 3.63) is 0 Å². The quantitative estimate of drug-likeness (QED) is 0.389. The molecule has 0 aromatic rings. The normalized spacial score (nSPS) is 24.9. The van der Waals surface area contributed by atoms with E-state index < -0.39 is 0 Å². The predicted molar refractivity (Wildman–Crippen MR) is 47.6 cm³/mol. The topological polar surface area (TPSA) is 37.4 Å². The minimum absolute atomic E-state index is 0.0886. The average Bonchev–Trinajstić information content (AvgIpc) is 2.19. The molecule has 0 N–H and O–H groups in total. The van der Waals surface area contributed by atoms with Crippen LogP contribution in [0.1, 0.15) is 6.42 Å². The van der Waals surface area contributed by atoms with Gasteiger partial charge in [-0.15, -0.1) is 11.8 Å². The number of hydrogen-bond donors (Lipinski definition) is 1. The maximum absolute atomic E-state index is 11.2. The van der Waals surface area contributed by atoms with E-state index in [0.717, 1.165) is 0 Å². The zero-order valence-electron chi connectivity index (χ0n) is 6.11. The molecule has 0 radical (unpaired) electrons. The molecule has 1 heterocycles. The number of amides is 2. The molecular weight excluding hydrogens is 182 g/mol. The summed E-state index contributed by atoms with van der Waals surface area (Å²) in [5.41, 5.74) is 0. The number of imide groups is 1. The second-order valence-corrected chi connectivity index (χ2v) is 4.21. The summed E-state index contributed by atoms with van der Waals surface area (Å²) in [6.45, 7) is 0. The molecule has 1 atom stereocenters. The van der Waals surface area contributed by atoms with Crippen LogP contribution >= 0.6 is 24.4 Å². The van der Waals surface area contributed by atoms with Gasteiger partial charge < -0.3 is 0 Å². The lowest BCUT2D eigenvalue weighted by Crippen LogP contribution is -2.26. The number of nitrogens with zero attached hydrogens (tertiary/aromatic N) is 1. The zero-order valence-corrected chi connectivity index (χ0v) is 7.82. The summed E-state index contributed by atoms with van der Waals surface area (Å²) in [5, 5.41) is 0.391. The van der Waals surface area contributed by atoms with Crippen molar-refractivity contribution in [1.82, 2.24) is 4.90 Å². The van der Waals surface area contributed by atoms with Gasteiger partial charge in [0.05, 0.1) is 5.25 Å². The fourth-order valence-electron chi connectivity index (χ4n) is 0.942. The molecule has 1 aliphatic heterocycles. The van der Waals surface area contributed by atoms with Crippen molar-refractivity contribution in [2.45, 2.75) is 11.7 Å². The van der Waals surface area contributed by atoms with Crippen LogP contribution in [0.25, 0.3) is 0 Å². The van der Waals surface area contributed by atoms with E-state index in [9.17, 15) is 9.59 Å². The molecule has 3 nitrogen and oxygen atoms in total. The van der Waals surface area contributed by atoms with E-state index in [1.807, 2.05) is 0 Å². The van der Waals surface area contributed by atoms with Gasteiger partial charge in [-0.25, -0.2) is 0 Å². The van der Waals surface area contributed by atoms with E-state index in [1.165, 1.54) is 23.7 Å². The standard InChI is InChI=1S/C6H9NO2S2/c1-7-5(8)2-4(6(7)9)11-3-10/h4,10H,2-3H2,1H3. The molecule has 0 aromatic heterocycles. The number of thiol groups is 1. The predicted octanol–water partition coefficient (Wildman–Crippen LogP) is 0.364. The summed E-state index contributed by atoms with van der Waals surface area (Å²) < 4.78 is 0. The van der Waals surface area contributed by atoms with Gasteiger partial charge in [0.1, 0.15) is 0 Å². The zero-order chi connectivity index (χ0) is 8.43. The number of carbonyl (C=O) groups is 2. The van der Waals surface area contributed by atoms with E-state index in [4.69, 9.17) is 0 Å². The fraction of sp³-hybridized carbons (Fsp3) is 0.667. The van der Waals surface area contributed by atoms with Gasteiger partial charge in [-0.3, -0.25) is 14.5 Å². The van der Waals surface area contributed by atoms with Crippen molar-refractivity contribution in [3.63, 3.8) is 0 Å². The summed E-state index contributed by atoms with van der Waals surface area (Å²) in [5.74, 6) is -0.177. The molecule has 5 heteroatoms. The molecule has 11 heavy (non-hydrogen) atoms. The Morgan fingerprint density at radius 3 is 2.73 bits per heavy atom. The number of rotatable bonds is 2. The van der Waals surface area contributed by atoms with Crippen molar-refractivity contribution in [2.75, 3.05) is 12.1 Å². The fourth-order valence-corrected chi connectivity index (χ4v) is 2.22. The molecule has 1 aliphatic rings. The molecule has 2 amide bonds. The molecule has 1 rings (SSSR count). The molecule has 0 aliphatic carbocycles. The highest BCUT2D eigenvalue weighted by Gasteiger charge is 2.35. The highest BCUT2D eigenvalue weighted by Crippen LogP contribution is 2.24. The maximum atomic E-state index is 11.2. The van der Waals surface area contributed by atoms with Crippen LogP contribution in [0.15, 0.2) is 0 Å². The Kier molecular flexibility index (Phi) is 2.84. The van der Waals surface area contributed by atoms with Crippen LogP contribution in [0.5, 0.6) is 0 Å². The van der Waals surface area contributed by atoms with Crippen molar-refractivity contribution < 1.29 is 9.59 Å². The van der Waals surface area contributed by atoms with Crippen molar-refractivity contribution in [2.24, 2.45) is 0 Å². The lowest BCUT2D eigenvalue weighted by Gasteiger charge is -2.05. The lowest BCUT2D eigenvalue weighted by atomic mass is 10.4. The van der Waals surface area contributed by atoms with Gasteiger partial charge in [-0.05, 0) is 0 Å². The Morgan fingerprint density at radius 2 is 2.36 bits per heavy atom. The van der Waals surface area contributed by atoms with Gasteiger partial charge in [0.2, 0.25) is 11.8 Å². The highest BCUT2D eigenvalue weighted by molar-refractivity contribution is 8.10.